The number of anilines is 1. The summed E-state index contributed by atoms with van der Waals surface area (Å²) in [5.41, 5.74) is 8.53. The topological polar surface area (TPSA) is 70.4 Å². The first-order valence-electron chi connectivity index (χ1n) is 9.23. The zero-order valence-electron chi connectivity index (χ0n) is 15.4. The molecule has 0 aliphatic carbocycles. The summed E-state index contributed by atoms with van der Waals surface area (Å²) in [6.07, 6.45) is 2.68. The van der Waals surface area contributed by atoms with Gasteiger partial charge >= 0.3 is 6.03 Å². The molecule has 1 saturated heterocycles. The second kappa shape index (κ2) is 8.23. The summed E-state index contributed by atoms with van der Waals surface area (Å²) in [6, 6.07) is 18.3. The number of carbonyl (C=O) groups excluding carboxylic acids is 1. The van der Waals surface area contributed by atoms with Gasteiger partial charge in [0.2, 0.25) is 0 Å². The molecule has 0 unspecified atom stereocenters. The summed E-state index contributed by atoms with van der Waals surface area (Å²) in [6.45, 7) is 4.94. The zero-order chi connectivity index (χ0) is 18.4. The molecule has 0 bridgehead atoms. The van der Waals surface area contributed by atoms with Gasteiger partial charge in [0.1, 0.15) is 5.66 Å². The van der Waals surface area contributed by atoms with Crippen LogP contribution in [0.25, 0.3) is 0 Å². The lowest BCUT2D eigenvalue weighted by molar-refractivity contribution is 0.155. The number of carbonyl (C=O) groups is 1. The van der Waals surface area contributed by atoms with Crippen molar-refractivity contribution in [1.29, 1.82) is 0 Å². The lowest BCUT2D eigenvalue weighted by atomic mass is 9.95. The van der Waals surface area contributed by atoms with Gasteiger partial charge in [0.05, 0.1) is 0 Å². The number of urea groups is 1. The first kappa shape index (κ1) is 18.3. The SMILES string of the molecule is Cc1cccc(NC2(NC(N)=O)CCN(CCc3ccccc3)CC2)c1. The number of benzene rings is 2. The monoisotopic (exact) mass is 352 g/mol. The Balaban J connectivity index is 1.60. The van der Waals surface area contributed by atoms with E-state index < -0.39 is 11.7 Å². The average molecular weight is 352 g/mol. The molecule has 1 heterocycles. The minimum Gasteiger partial charge on any atom is -0.363 e. The minimum atomic E-state index is -0.483. The molecule has 0 aromatic heterocycles. The molecule has 0 spiro atoms. The number of amides is 2. The molecule has 2 aromatic carbocycles. The maximum absolute atomic E-state index is 11.6. The van der Waals surface area contributed by atoms with E-state index in [2.05, 4.69) is 58.9 Å². The van der Waals surface area contributed by atoms with Crippen molar-refractivity contribution in [1.82, 2.24) is 10.2 Å². The van der Waals surface area contributed by atoms with Crippen molar-refractivity contribution in [2.24, 2.45) is 5.73 Å². The molecule has 138 valence electrons. The van der Waals surface area contributed by atoms with Crippen LogP contribution in [-0.2, 0) is 6.42 Å². The van der Waals surface area contributed by atoms with Crippen molar-refractivity contribution in [3.63, 3.8) is 0 Å². The number of hydrogen-bond acceptors (Lipinski definition) is 3. The highest BCUT2D eigenvalue weighted by Gasteiger charge is 2.35. The molecular weight excluding hydrogens is 324 g/mol. The van der Waals surface area contributed by atoms with Crippen LogP contribution in [0.2, 0.25) is 0 Å². The number of nitrogens with one attached hydrogen (secondary N) is 2. The van der Waals surface area contributed by atoms with Crippen molar-refractivity contribution < 1.29 is 4.79 Å². The van der Waals surface area contributed by atoms with Crippen molar-refractivity contribution in [3.8, 4) is 0 Å². The quantitative estimate of drug-likeness (QED) is 0.700. The summed E-state index contributed by atoms with van der Waals surface area (Å²) in [4.78, 5) is 14.0. The summed E-state index contributed by atoms with van der Waals surface area (Å²) in [5, 5.41) is 6.48. The Morgan fingerprint density at radius 2 is 1.85 bits per heavy atom. The highest BCUT2D eigenvalue weighted by Crippen LogP contribution is 2.25. The molecule has 0 saturated carbocycles. The van der Waals surface area contributed by atoms with E-state index >= 15 is 0 Å². The number of primary amides is 1. The second-order valence-electron chi connectivity index (χ2n) is 7.14. The molecular formula is C21H28N4O. The van der Waals surface area contributed by atoms with Crippen LogP contribution in [0.5, 0.6) is 0 Å². The van der Waals surface area contributed by atoms with Gasteiger partial charge in [-0.25, -0.2) is 4.79 Å². The van der Waals surface area contributed by atoms with Gasteiger partial charge in [0, 0.05) is 38.2 Å². The van der Waals surface area contributed by atoms with Crippen LogP contribution < -0.4 is 16.4 Å². The highest BCUT2D eigenvalue weighted by atomic mass is 16.2. The molecule has 5 nitrogen and oxygen atoms in total. The number of nitrogens with two attached hydrogens (primary N) is 1. The third-order valence-corrected chi connectivity index (χ3v) is 5.03. The van der Waals surface area contributed by atoms with Crippen LogP contribution in [0.15, 0.2) is 54.6 Å². The fraction of sp³-hybridized carbons (Fsp3) is 0.381. The van der Waals surface area contributed by atoms with E-state index in [9.17, 15) is 4.79 Å². The minimum absolute atomic E-state index is 0.483. The Morgan fingerprint density at radius 1 is 1.12 bits per heavy atom. The summed E-state index contributed by atoms with van der Waals surface area (Å²) in [5.74, 6) is 0. The predicted octanol–water partition coefficient (Wildman–Crippen LogP) is 3.11. The molecule has 0 radical (unpaired) electrons. The van der Waals surface area contributed by atoms with E-state index in [4.69, 9.17) is 5.73 Å². The molecule has 1 fully saturated rings. The van der Waals surface area contributed by atoms with E-state index in [1.54, 1.807) is 0 Å². The first-order chi connectivity index (χ1) is 12.5. The number of piperidine rings is 1. The van der Waals surface area contributed by atoms with Crippen molar-refractivity contribution in [2.45, 2.75) is 31.8 Å². The second-order valence-corrected chi connectivity index (χ2v) is 7.14. The van der Waals surface area contributed by atoms with Crippen LogP contribution in [0.3, 0.4) is 0 Å². The van der Waals surface area contributed by atoms with Gasteiger partial charge < -0.3 is 21.3 Å². The highest BCUT2D eigenvalue weighted by molar-refractivity contribution is 5.73. The third-order valence-electron chi connectivity index (χ3n) is 5.03. The lowest BCUT2D eigenvalue weighted by Gasteiger charge is -2.43. The first-order valence-corrected chi connectivity index (χ1v) is 9.23. The zero-order valence-corrected chi connectivity index (χ0v) is 15.4. The largest absolute Gasteiger partial charge is 0.363 e. The Hall–Kier alpha value is -2.53. The van der Waals surface area contributed by atoms with Gasteiger partial charge in [-0.2, -0.15) is 0 Å². The molecule has 1 aliphatic rings. The summed E-state index contributed by atoms with van der Waals surface area (Å²) >= 11 is 0. The summed E-state index contributed by atoms with van der Waals surface area (Å²) < 4.78 is 0. The van der Waals surface area contributed by atoms with Gasteiger partial charge in [0.25, 0.3) is 0 Å². The van der Waals surface area contributed by atoms with Gasteiger partial charge in [-0.1, -0.05) is 42.5 Å². The molecule has 2 aromatic rings. The van der Waals surface area contributed by atoms with Gasteiger partial charge in [-0.15, -0.1) is 0 Å². The maximum Gasteiger partial charge on any atom is 0.313 e. The molecule has 26 heavy (non-hydrogen) atoms. The van der Waals surface area contributed by atoms with Crippen LogP contribution in [0.1, 0.15) is 24.0 Å². The number of hydrogen-bond donors (Lipinski definition) is 3. The van der Waals surface area contributed by atoms with Crippen LogP contribution in [0.4, 0.5) is 10.5 Å². The van der Waals surface area contributed by atoms with E-state index in [-0.39, 0.29) is 0 Å². The maximum atomic E-state index is 11.6. The molecule has 4 N–H and O–H groups in total. The Bertz CT molecular complexity index is 724. The number of nitrogens with zero attached hydrogens (tertiary/aromatic N) is 1. The standard InChI is InChI=1S/C21H28N4O/c1-17-6-5-9-19(16-17)23-21(24-20(22)26)11-14-25(15-12-21)13-10-18-7-3-2-4-8-18/h2-9,16,23H,10-15H2,1H3,(H3,22,24,26). The molecule has 5 heteroatoms. The van der Waals surface area contributed by atoms with Crippen molar-refractivity contribution >= 4 is 11.7 Å². The van der Waals surface area contributed by atoms with E-state index in [1.165, 1.54) is 11.1 Å². The molecule has 1 aliphatic heterocycles. The predicted molar refractivity (Wildman–Crippen MR) is 106 cm³/mol. The van der Waals surface area contributed by atoms with Crippen LogP contribution >= 0.6 is 0 Å². The Morgan fingerprint density at radius 3 is 2.50 bits per heavy atom. The van der Waals surface area contributed by atoms with Crippen molar-refractivity contribution in [3.05, 3.63) is 65.7 Å². The molecule has 0 atom stereocenters. The Labute approximate surface area is 155 Å². The van der Waals surface area contributed by atoms with E-state index in [0.29, 0.717) is 0 Å². The Kier molecular flexibility index (Phi) is 5.78. The third kappa shape index (κ3) is 4.99. The van der Waals surface area contributed by atoms with Gasteiger partial charge in [-0.3, -0.25) is 0 Å². The van der Waals surface area contributed by atoms with Gasteiger partial charge in [-0.05, 0) is 36.6 Å². The fourth-order valence-corrected chi connectivity index (χ4v) is 3.61. The fourth-order valence-electron chi connectivity index (χ4n) is 3.61. The molecule has 2 amide bonds. The normalized spacial score (nSPS) is 16.8. The number of likely N-dealkylation sites (tertiary alicyclic amines) is 1. The van der Waals surface area contributed by atoms with E-state index in [1.807, 2.05) is 18.2 Å². The van der Waals surface area contributed by atoms with Crippen LogP contribution in [0, 0.1) is 6.92 Å². The van der Waals surface area contributed by atoms with Crippen LogP contribution in [-0.4, -0.2) is 36.2 Å². The smallest absolute Gasteiger partial charge is 0.313 e. The van der Waals surface area contributed by atoms with E-state index in [0.717, 1.165) is 44.6 Å². The van der Waals surface area contributed by atoms with Crippen molar-refractivity contribution in [2.75, 3.05) is 25.0 Å². The molecule has 3 rings (SSSR count). The number of rotatable bonds is 6. The lowest BCUT2D eigenvalue weighted by Crippen LogP contribution is -2.61. The van der Waals surface area contributed by atoms with Gasteiger partial charge in [0.15, 0.2) is 0 Å². The summed E-state index contributed by atoms with van der Waals surface area (Å²) in [7, 11) is 0. The average Bonchev–Trinajstić information content (AvgIpc) is 2.61. The number of aryl methyl sites for hydroxylation is 1.